The van der Waals surface area contributed by atoms with Crippen molar-refractivity contribution in [2.45, 2.75) is 69.9 Å². The van der Waals surface area contributed by atoms with Gasteiger partial charge in [-0.25, -0.2) is 22.0 Å². The van der Waals surface area contributed by atoms with Crippen molar-refractivity contribution in [3.05, 3.63) is 64.5 Å². The minimum Gasteiger partial charge on any atom is -0.507 e. The Morgan fingerprint density at radius 2 is 1.52 bits per heavy atom. The number of amides is 3. The summed E-state index contributed by atoms with van der Waals surface area (Å²) in [6.07, 6.45) is -2.77. The fourth-order valence-corrected chi connectivity index (χ4v) is 5.10. The summed E-state index contributed by atoms with van der Waals surface area (Å²) in [6.45, 7) is 2.45. The molecule has 2 aromatic carbocycles. The fraction of sp³-hybridized carbons (Fsp3) is 0.448. The van der Waals surface area contributed by atoms with Gasteiger partial charge in [-0.05, 0) is 38.8 Å². The number of halogens is 5. The number of carbonyl (C=O) groups is 4. The number of para-hydroxylation sites is 1. The number of ether oxygens (including phenoxy) is 1. The first-order chi connectivity index (χ1) is 20.7. The Hall–Kier alpha value is -4.27. The average Bonchev–Trinajstić information content (AvgIpc) is 2.96. The van der Waals surface area contributed by atoms with E-state index < -0.39 is 113 Å². The largest absolute Gasteiger partial charge is 0.507 e. The van der Waals surface area contributed by atoms with E-state index in [-0.39, 0.29) is 5.56 Å². The zero-order chi connectivity index (χ0) is 32.5. The maximum absolute atomic E-state index is 14.6. The average molecular weight is 628 g/mol. The second kappa shape index (κ2) is 13.2. The van der Waals surface area contributed by atoms with Crippen LogP contribution in [0, 0.1) is 40.9 Å². The highest BCUT2D eigenvalue weighted by atomic mass is 19.2. The highest BCUT2D eigenvalue weighted by molar-refractivity contribution is 6.00. The molecule has 1 aliphatic carbocycles. The number of phenols is 1. The number of cyclic esters (lactones) is 1. The minimum atomic E-state index is -2.41. The molecule has 1 heterocycles. The zero-order valence-corrected chi connectivity index (χ0v) is 23.5. The molecule has 0 spiro atoms. The van der Waals surface area contributed by atoms with Crippen molar-refractivity contribution in [1.82, 2.24) is 16.0 Å². The van der Waals surface area contributed by atoms with Gasteiger partial charge in [-0.3, -0.25) is 19.2 Å². The third kappa shape index (κ3) is 6.47. The summed E-state index contributed by atoms with van der Waals surface area (Å²) in [7, 11) is 0. The topological polar surface area (TPSA) is 154 Å². The Kier molecular flexibility index (Phi) is 9.76. The van der Waals surface area contributed by atoms with Gasteiger partial charge in [-0.1, -0.05) is 18.6 Å². The van der Waals surface area contributed by atoms with Crippen LogP contribution in [-0.4, -0.2) is 64.2 Å². The molecule has 238 valence electrons. The molecule has 2 aliphatic rings. The predicted octanol–water partition coefficient (Wildman–Crippen LogP) is 2.14. The van der Waals surface area contributed by atoms with Crippen LogP contribution in [-0.2, 0) is 25.5 Å². The Labute approximate surface area is 248 Å². The highest BCUT2D eigenvalue weighted by Gasteiger charge is 2.43. The van der Waals surface area contributed by atoms with E-state index in [1.165, 1.54) is 31.2 Å². The van der Waals surface area contributed by atoms with Gasteiger partial charge in [0.05, 0.1) is 29.7 Å². The maximum Gasteiger partial charge on any atom is 0.312 e. The van der Waals surface area contributed by atoms with E-state index in [0.29, 0.717) is 12.8 Å². The van der Waals surface area contributed by atoms with Crippen LogP contribution in [0.15, 0.2) is 24.3 Å². The summed E-state index contributed by atoms with van der Waals surface area (Å²) in [5.74, 6) is -17.8. The third-order valence-corrected chi connectivity index (χ3v) is 8.02. The summed E-state index contributed by atoms with van der Waals surface area (Å²) >= 11 is 0. The van der Waals surface area contributed by atoms with Crippen molar-refractivity contribution in [1.29, 1.82) is 0 Å². The number of aliphatic hydroxyl groups is 1. The molecule has 0 aromatic heterocycles. The summed E-state index contributed by atoms with van der Waals surface area (Å²) in [5.41, 5.74) is -1.63. The van der Waals surface area contributed by atoms with Crippen LogP contribution in [0.4, 0.5) is 22.0 Å². The second-order valence-electron chi connectivity index (χ2n) is 11.0. The first-order valence-corrected chi connectivity index (χ1v) is 13.8. The van der Waals surface area contributed by atoms with Crippen LogP contribution < -0.4 is 16.0 Å². The van der Waals surface area contributed by atoms with E-state index in [9.17, 15) is 51.3 Å². The van der Waals surface area contributed by atoms with Crippen LogP contribution in [0.5, 0.6) is 5.75 Å². The number of aromatic hydroxyl groups is 1. The van der Waals surface area contributed by atoms with Crippen molar-refractivity contribution in [2.24, 2.45) is 11.8 Å². The minimum absolute atomic E-state index is 0.252. The number of rotatable bonds is 5. The Morgan fingerprint density at radius 1 is 0.932 bits per heavy atom. The Morgan fingerprint density at radius 3 is 2.09 bits per heavy atom. The van der Waals surface area contributed by atoms with E-state index in [0.717, 1.165) is 13.3 Å². The molecule has 6 unspecified atom stereocenters. The zero-order valence-electron chi connectivity index (χ0n) is 23.5. The van der Waals surface area contributed by atoms with Crippen LogP contribution in [0.3, 0.4) is 0 Å². The monoisotopic (exact) mass is 627 g/mol. The van der Waals surface area contributed by atoms with Crippen molar-refractivity contribution in [3.8, 4) is 5.75 Å². The molecule has 6 atom stereocenters. The number of hydrogen-bond donors (Lipinski definition) is 5. The molecule has 44 heavy (non-hydrogen) atoms. The number of esters is 1. The van der Waals surface area contributed by atoms with Crippen LogP contribution in [0.2, 0.25) is 0 Å². The molecule has 10 nitrogen and oxygen atoms in total. The SMILES string of the molecule is CC1NC(=O)C(C2CCC2)OC(=O)C(C)C(O)C(Cc2c(F)c(F)c(F)c(F)c2F)NC(=O)C1NC(=O)c1ccccc1O. The van der Waals surface area contributed by atoms with Crippen molar-refractivity contribution in [2.75, 3.05) is 0 Å². The number of phenolic OH excluding ortho intramolecular Hbond substituents is 1. The van der Waals surface area contributed by atoms with Gasteiger partial charge in [-0.2, -0.15) is 0 Å². The van der Waals surface area contributed by atoms with Gasteiger partial charge in [0.15, 0.2) is 29.4 Å². The molecule has 0 radical (unpaired) electrons. The number of hydrogen-bond acceptors (Lipinski definition) is 7. The summed E-state index contributed by atoms with van der Waals surface area (Å²) in [4.78, 5) is 52.9. The molecule has 2 fully saturated rings. The summed E-state index contributed by atoms with van der Waals surface area (Å²) in [6, 6.07) is 0.517. The van der Waals surface area contributed by atoms with Gasteiger partial charge in [0.2, 0.25) is 11.7 Å². The molecule has 1 aliphatic heterocycles. The lowest BCUT2D eigenvalue weighted by molar-refractivity contribution is -0.169. The summed E-state index contributed by atoms with van der Waals surface area (Å²) in [5, 5.41) is 28.3. The van der Waals surface area contributed by atoms with Gasteiger partial charge >= 0.3 is 5.97 Å². The Balaban J connectivity index is 1.75. The number of carbonyl (C=O) groups excluding carboxylic acids is 4. The first kappa shape index (κ1) is 32.6. The normalized spacial score (nSPS) is 26.8. The van der Waals surface area contributed by atoms with Gasteiger partial charge in [0.1, 0.15) is 11.8 Å². The smallest absolute Gasteiger partial charge is 0.312 e. The highest BCUT2D eigenvalue weighted by Crippen LogP contribution is 2.33. The number of aliphatic hydroxyl groups excluding tert-OH is 1. The molecule has 1 saturated carbocycles. The quantitative estimate of drug-likeness (QED) is 0.147. The molecule has 0 bridgehead atoms. The third-order valence-electron chi connectivity index (χ3n) is 8.02. The number of nitrogens with one attached hydrogen (secondary N) is 3. The van der Waals surface area contributed by atoms with Gasteiger partial charge in [-0.15, -0.1) is 0 Å². The van der Waals surface area contributed by atoms with E-state index >= 15 is 0 Å². The first-order valence-electron chi connectivity index (χ1n) is 13.8. The van der Waals surface area contributed by atoms with Gasteiger partial charge in [0, 0.05) is 17.9 Å². The predicted molar refractivity (Wildman–Crippen MR) is 141 cm³/mol. The lowest BCUT2D eigenvalue weighted by atomic mass is 9.80. The van der Waals surface area contributed by atoms with Crippen LogP contribution in [0.1, 0.15) is 49.0 Å². The molecular weight excluding hydrogens is 597 g/mol. The van der Waals surface area contributed by atoms with E-state index in [4.69, 9.17) is 4.74 Å². The van der Waals surface area contributed by atoms with E-state index in [2.05, 4.69) is 16.0 Å². The van der Waals surface area contributed by atoms with Crippen LogP contribution in [0.25, 0.3) is 0 Å². The number of benzene rings is 2. The van der Waals surface area contributed by atoms with Gasteiger partial charge < -0.3 is 30.9 Å². The second-order valence-corrected chi connectivity index (χ2v) is 11.0. The standard InChI is InChI=1S/C29H30F5N3O7/c1-11-24(39)16(10-15-18(30)20(32)22(34)21(33)19(15)31)36-27(41)23(37-26(40)14-8-3-4-9-17(14)38)12(2)35-28(42)25(44-29(11)43)13-6-5-7-13/h3-4,8-9,11-13,16,23-25,38-39H,5-7,10H2,1-2H3,(H,35,42)(H,36,41)(H,37,40). The summed E-state index contributed by atoms with van der Waals surface area (Å²) < 4.78 is 76.3. The van der Waals surface area contributed by atoms with Crippen molar-refractivity contribution in [3.63, 3.8) is 0 Å². The van der Waals surface area contributed by atoms with E-state index in [1.807, 2.05) is 0 Å². The molecule has 4 rings (SSSR count). The van der Waals surface area contributed by atoms with Crippen molar-refractivity contribution < 1.29 is 56.1 Å². The molecule has 15 heteroatoms. The molecule has 3 amide bonds. The Bertz CT molecular complexity index is 1440. The molecular formula is C29H30F5N3O7. The molecule has 1 saturated heterocycles. The molecule has 2 aromatic rings. The molecule has 5 N–H and O–H groups in total. The maximum atomic E-state index is 14.6. The van der Waals surface area contributed by atoms with Crippen LogP contribution >= 0.6 is 0 Å². The fourth-order valence-electron chi connectivity index (χ4n) is 5.10. The van der Waals surface area contributed by atoms with Crippen molar-refractivity contribution >= 4 is 23.7 Å². The lowest BCUT2D eigenvalue weighted by Gasteiger charge is -2.37. The lowest BCUT2D eigenvalue weighted by Crippen LogP contribution is -2.63. The van der Waals surface area contributed by atoms with E-state index in [1.54, 1.807) is 0 Å². The van der Waals surface area contributed by atoms with Gasteiger partial charge in [0.25, 0.3) is 11.8 Å².